The first kappa shape index (κ1) is 15.5. The summed E-state index contributed by atoms with van der Waals surface area (Å²) < 4.78 is 15.1. The number of anilines is 1. The second-order valence-electron chi connectivity index (χ2n) is 5.24. The molecule has 0 radical (unpaired) electrons. The van der Waals surface area contributed by atoms with Crippen LogP contribution in [0.3, 0.4) is 0 Å². The van der Waals surface area contributed by atoms with E-state index in [1.165, 1.54) is 23.9 Å². The van der Waals surface area contributed by atoms with Gasteiger partial charge in [-0.25, -0.2) is 18.9 Å². The van der Waals surface area contributed by atoms with E-state index in [0.717, 1.165) is 10.9 Å². The number of nitrogens with zero attached hydrogens (tertiary/aromatic N) is 4. The molecular weight excluding hydrogens is 341 g/mol. The zero-order chi connectivity index (χ0) is 17.2. The average molecular weight is 353 g/mol. The number of thioether (sulfide) groups is 1. The summed E-state index contributed by atoms with van der Waals surface area (Å²) in [4.78, 5) is 20.8. The number of amides is 1. The Morgan fingerprint density at radius 2 is 1.96 bits per heavy atom. The van der Waals surface area contributed by atoms with Gasteiger partial charge in [0.15, 0.2) is 5.65 Å². The summed E-state index contributed by atoms with van der Waals surface area (Å²) in [5, 5.41) is 8.19. The van der Waals surface area contributed by atoms with Gasteiger partial charge in [0.25, 0.3) is 0 Å². The van der Waals surface area contributed by atoms with E-state index in [1.807, 2.05) is 24.3 Å². The number of aromatic nitrogens is 4. The maximum atomic E-state index is 13.5. The van der Waals surface area contributed by atoms with Gasteiger partial charge < -0.3 is 5.32 Å². The Balaban J connectivity index is 1.50. The van der Waals surface area contributed by atoms with Gasteiger partial charge in [-0.3, -0.25) is 4.79 Å². The largest absolute Gasteiger partial charge is 0.323 e. The molecule has 0 aliphatic rings. The fourth-order valence-electron chi connectivity index (χ4n) is 2.40. The molecule has 4 aromatic rings. The maximum absolute atomic E-state index is 13.5. The number of nitrogens with one attached hydrogen (secondary N) is 1. The van der Waals surface area contributed by atoms with Crippen LogP contribution in [0.2, 0.25) is 0 Å². The third-order valence-corrected chi connectivity index (χ3v) is 4.38. The molecule has 8 heteroatoms. The van der Waals surface area contributed by atoms with Crippen LogP contribution in [0, 0.1) is 5.82 Å². The number of para-hydroxylation sites is 2. The van der Waals surface area contributed by atoms with Crippen molar-refractivity contribution < 1.29 is 9.18 Å². The van der Waals surface area contributed by atoms with Gasteiger partial charge in [0, 0.05) is 5.39 Å². The molecule has 0 aliphatic heterocycles. The normalized spacial score (nSPS) is 11.1. The summed E-state index contributed by atoms with van der Waals surface area (Å²) in [6.45, 7) is 0. The van der Waals surface area contributed by atoms with Crippen LogP contribution in [0.5, 0.6) is 0 Å². The number of carbonyl (C=O) groups is 1. The van der Waals surface area contributed by atoms with Crippen molar-refractivity contribution in [3.63, 3.8) is 0 Å². The molecule has 0 atom stereocenters. The molecule has 0 saturated heterocycles. The van der Waals surface area contributed by atoms with E-state index in [-0.39, 0.29) is 17.3 Å². The van der Waals surface area contributed by atoms with Gasteiger partial charge in [-0.15, -0.1) is 5.10 Å². The fourth-order valence-corrected chi connectivity index (χ4v) is 3.03. The van der Waals surface area contributed by atoms with Crippen molar-refractivity contribution in [2.75, 3.05) is 11.1 Å². The fraction of sp³-hybridized carbons (Fsp3) is 0.0588. The molecule has 0 aliphatic carbocycles. The highest BCUT2D eigenvalue weighted by Crippen LogP contribution is 2.20. The number of hydrogen-bond acceptors (Lipinski definition) is 5. The van der Waals surface area contributed by atoms with Crippen molar-refractivity contribution in [1.82, 2.24) is 19.6 Å². The molecule has 0 saturated carbocycles. The summed E-state index contributed by atoms with van der Waals surface area (Å²) in [6.07, 6.45) is 1.59. The summed E-state index contributed by atoms with van der Waals surface area (Å²) in [5.41, 5.74) is 1.67. The van der Waals surface area contributed by atoms with Crippen molar-refractivity contribution >= 4 is 39.9 Å². The molecule has 124 valence electrons. The van der Waals surface area contributed by atoms with Gasteiger partial charge >= 0.3 is 0 Å². The molecule has 0 unspecified atom stereocenters. The first-order chi connectivity index (χ1) is 12.2. The first-order valence-electron chi connectivity index (χ1n) is 7.48. The maximum Gasteiger partial charge on any atom is 0.234 e. The number of fused-ring (bicyclic) bond motifs is 3. The van der Waals surface area contributed by atoms with Gasteiger partial charge in [0.05, 0.1) is 17.0 Å². The summed E-state index contributed by atoms with van der Waals surface area (Å²) >= 11 is 1.18. The quantitative estimate of drug-likeness (QED) is 0.571. The molecule has 0 bridgehead atoms. The lowest BCUT2D eigenvalue weighted by Gasteiger charge is -2.04. The van der Waals surface area contributed by atoms with E-state index in [4.69, 9.17) is 0 Å². The molecule has 2 heterocycles. The Bertz CT molecular complexity index is 1080. The minimum Gasteiger partial charge on any atom is -0.323 e. The first-order valence-corrected chi connectivity index (χ1v) is 8.46. The van der Waals surface area contributed by atoms with Crippen molar-refractivity contribution in [1.29, 1.82) is 0 Å². The monoisotopic (exact) mass is 353 g/mol. The molecule has 2 aromatic carbocycles. The molecule has 6 nitrogen and oxygen atoms in total. The molecule has 4 rings (SSSR count). The SMILES string of the molecule is O=C(CSc1nc2c3ccccc3ncn2n1)Nc1ccccc1F. The second-order valence-corrected chi connectivity index (χ2v) is 6.18. The van der Waals surface area contributed by atoms with Crippen LogP contribution in [-0.2, 0) is 4.79 Å². The van der Waals surface area contributed by atoms with Gasteiger partial charge in [0.1, 0.15) is 12.1 Å². The van der Waals surface area contributed by atoms with Crippen LogP contribution in [0.15, 0.2) is 60.0 Å². The van der Waals surface area contributed by atoms with E-state index in [0.29, 0.717) is 10.8 Å². The van der Waals surface area contributed by atoms with Crippen LogP contribution in [0.4, 0.5) is 10.1 Å². The molecule has 2 aromatic heterocycles. The van der Waals surface area contributed by atoms with Gasteiger partial charge in [0.2, 0.25) is 11.1 Å². The second kappa shape index (κ2) is 6.48. The van der Waals surface area contributed by atoms with Crippen LogP contribution in [-0.4, -0.2) is 31.2 Å². The minimum absolute atomic E-state index is 0.0799. The predicted octanol–water partition coefficient (Wildman–Crippen LogP) is 3.15. The van der Waals surface area contributed by atoms with Crippen molar-refractivity contribution in [2.45, 2.75) is 5.16 Å². The van der Waals surface area contributed by atoms with Crippen molar-refractivity contribution in [2.24, 2.45) is 0 Å². The number of rotatable bonds is 4. The molecule has 1 amide bonds. The third kappa shape index (κ3) is 3.16. The topological polar surface area (TPSA) is 72.2 Å². The zero-order valence-corrected chi connectivity index (χ0v) is 13.7. The van der Waals surface area contributed by atoms with E-state index < -0.39 is 5.82 Å². The lowest BCUT2D eigenvalue weighted by Crippen LogP contribution is -2.15. The zero-order valence-electron chi connectivity index (χ0n) is 12.9. The Morgan fingerprint density at radius 3 is 2.84 bits per heavy atom. The smallest absolute Gasteiger partial charge is 0.234 e. The van der Waals surface area contributed by atoms with Crippen molar-refractivity contribution in [3.05, 3.63) is 60.7 Å². The Kier molecular flexibility index (Phi) is 4.02. The molecule has 25 heavy (non-hydrogen) atoms. The summed E-state index contributed by atoms with van der Waals surface area (Å²) in [5.74, 6) is -0.711. The third-order valence-electron chi connectivity index (χ3n) is 3.54. The van der Waals surface area contributed by atoms with Crippen LogP contribution in [0.1, 0.15) is 0 Å². The minimum atomic E-state index is -0.468. The number of carbonyl (C=O) groups excluding carboxylic acids is 1. The lowest BCUT2D eigenvalue weighted by molar-refractivity contribution is -0.113. The number of benzene rings is 2. The summed E-state index contributed by atoms with van der Waals surface area (Å²) in [6, 6.07) is 13.7. The average Bonchev–Trinajstić information content (AvgIpc) is 3.06. The van der Waals surface area contributed by atoms with E-state index in [9.17, 15) is 9.18 Å². The highest BCUT2D eigenvalue weighted by molar-refractivity contribution is 7.99. The highest BCUT2D eigenvalue weighted by atomic mass is 32.2. The molecule has 0 fully saturated rings. The standard InChI is InChI=1S/C17H12FN5OS/c18-12-6-2-4-8-14(12)20-15(24)9-25-17-21-16-11-5-1-3-7-13(11)19-10-23(16)22-17/h1-8,10H,9H2,(H,20,24). The van der Waals surface area contributed by atoms with Gasteiger partial charge in [-0.2, -0.15) is 0 Å². The molecule has 1 N–H and O–H groups in total. The highest BCUT2D eigenvalue weighted by Gasteiger charge is 2.11. The van der Waals surface area contributed by atoms with Gasteiger partial charge in [-0.05, 0) is 24.3 Å². The number of hydrogen-bond donors (Lipinski definition) is 1. The Morgan fingerprint density at radius 1 is 1.16 bits per heavy atom. The van der Waals surface area contributed by atoms with E-state index in [2.05, 4.69) is 20.4 Å². The summed E-state index contributed by atoms with van der Waals surface area (Å²) in [7, 11) is 0. The lowest BCUT2D eigenvalue weighted by atomic mass is 10.2. The predicted molar refractivity (Wildman–Crippen MR) is 94.0 cm³/mol. The van der Waals surface area contributed by atoms with Crippen LogP contribution >= 0.6 is 11.8 Å². The number of halogens is 1. The Hall–Kier alpha value is -3.00. The van der Waals surface area contributed by atoms with Crippen molar-refractivity contribution in [3.8, 4) is 0 Å². The van der Waals surface area contributed by atoms with E-state index >= 15 is 0 Å². The van der Waals surface area contributed by atoms with Gasteiger partial charge in [-0.1, -0.05) is 36.0 Å². The Labute approximate surface area is 146 Å². The van der Waals surface area contributed by atoms with Crippen LogP contribution < -0.4 is 5.32 Å². The van der Waals surface area contributed by atoms with E-state index in [1.54, 1.807) is 23.0 Å². The molecule has 0 spiro atoms. The molecular formula is C17H12FN5OS. The van der Waals surface area contributed by atoms with Crippen LogP contribution in [0.25, 0.3) is 16.6 Å².